The number of rotatable bonds is 7. The van der Waals surface area contributed by atoms with Gasteiger partial charge in [0, 0.05) is 0 Å². The summed E-state index contributed by atoms with van der Waals surface area (Å²) < 4.78 is 11.1. The minimum atomic E-state index is 0.505. The third-order valence-corrected chi connectivity index (χ3v) is 4.69. The maximum absolute atomic E-state index is 5.71. The third-order valence-electron chi connectivity index (χ3n) is 3.86. The highest BCUT2D eigenvalue weighted by Crippen LogP contribution is 2.28. The molecule has 136 valence electrons. The molecule has 4 aromatic rings. The number of H-pyrrole nitrogens is 1. The SMILES string of the molecule is COc1ccccc1-c1nc(SCc2nnc(Cc3ccccc3)o2)n[nH]1. The molecule has 0 saturated carbocycles. The van der Waals surface area contributed by atoms with Crippen molar-refractivity contribution < 1.29 is 9.15 Å². The van der Waals surface area contributed by atoms with Gasteiger partial charge in [-0.1, -0.05) is 54.2 Å². The molecule has 0 bridgehead atoms. The molecular formula is C19H17N5O2S. The van der Waals surface area contributed by atoms with Crippen LogP contribution in [0.4, 0.5) is 0 Å². The topological polar surface area (TPSA) is 89.7 Å². The van der Waals surface area contributed by atoms with Gasteiger partial charge < -0.3 is 9.15 Å². The molecule has 0 unspecified atom stereocenters. The maximum Gasteiger partial charge on any atom is 0.226 e. The molecule has 7 nitrogen and oxygen atoms in total. The largest absolute Gasteiger partial charge is 0.496 e. The Morgan fingerprint density at radius 1 is 1.00 bits per heavy atom. The van der Waals surface area contributed by atoms with Gasteiger partial charge in [0.2, 0.25) is 16.9 Å². The highest BCUT2D eigenvalue weighted by molar-refractivity contribution is 7.98. The summed E-state index contributed by atoms with van der Waals surface area (Å²) in [5.74, 6) is 3.05. The number of methoxy groups -OCH3 is 1. The molecule has 0 atom stereocenters. The van der Waals surface area contributed by atoms with Crippen LogP contribution < -0.4 is 4.74 Å². The minimum absolute atomic E-state index is 0.505. The Labute approximate surface area is 160 Å². The molecule has 0 aliphatic heterocycles. The molecule has 1 N–H and O–H groups in total. The fraction of sp³-hybridized carbons (Fsp3) is 0.158. The van der Waals surface area contributed by atoms with Gasteiger partial charge in [0.05, 0.1) is 24.8 Å². The number of para-hydroxylation sites is 1. The molecule has 27 heavy (non-hydrogen) atoms. The lowest BCUT2D eigenvalue weighted by molar-refractivity contribution is 0.416. The second-order valence-electron chi connectivity index (χ2n) is 5.71. The van der Waals surface area contributed by atoms with Crippen molar-refractivity contribution in [3.05, 3.63) is 71.9 Å². The number of benzene rings is 2. The van der Waals surface area contributed by atoms with E-state index in [1.807, 2.05) is 54.6 Å². The van der Waals surface area contributed by atoms with Crippen LogP contribution in [0.3, 0.4) is 0 Å². The van der Waals surface area contributed by atoms with Crippen LogP contribution in [0.5, 0.6) is 5.75 Å². The van der Waals surface area contributed by atoms with Crippen LogP contribution in [-0.2, 0) is 12.2 Å². The van der Waals surface area contributed by atoms with Crippen molar-refractivity contribution in [1.29, 1.82) is 0 Å². The minimum Gasteiger partial charge on any atom is -0.496 e. The van der Waals surface area contributed by atoms with Crippen LogP contribution in [0.25, 0.3) is 11.4 Å². The molecule has 0 saturated heterocycles. The lowest BCUT2D eigenvalue weighted by Gasteiger charge is -2.03. The molecular weight excluding hydrogens is 362 g/mol. The number of aromatic nitrogens is 5. The quantitative estimate of drug-likeness (QED) is 0.489. The predicted octanol–water partition coefficient (Wildman–Crippen LogP) is 3.75. The zero-order chi connectivity index (χ0) is 18.5. The normalized spacial score (nSPS) is 10.9. The number of nitrogens with one attached hydrogen (secondary N) is 1. The lowest BCUT2D eigenvalue weighted by atomic mass is 10.2. The summed E-state index contributed by atoms with van der Waals surface area (Å²) in [5, 5.41) is 16.0. The lowest BCUT2D eigenvalue weighted by Crippen LogP contribution is -1.88. The van der Waals surface area contributed by atoms with Crippen LogP contribution in [-0.4, -0.2) is 32.5 Å². The Morgan fingerprint density at radius 3 is 2.63 bits per heavy atom. The Balaban J connectivity index is 1.39. The summed E-state index contributed by atoms with van der Waals surface area (Å²) in [4.78, 5) is 4.51. The second-order valence-corrected chi connectivity index (χ2v) is 6.65. The van der Waals surface area contributed by atoms with Gasteiger partial charge in [-0.3, -0.25) is 5.10 Å². The van der Waals surface area contributed by atoms with E-state index in [1.54, 1.807) is 7.11 Å². The zero-order valence-electron chi connectivity index (χ0n) is 14.6. The Morgan fingerprint density at radius 2 is 1.78 bits per heavy atom. The monoisotopic (exact) mass is 379 g/mol. The van der Waals surface area contributed by atoms with Gasteiger partial charge in [-0.25, -0.2) is 4.98 Å². The number of hydrogen-bond acceptors (Lipinski definition) is 7. The molecule has 0 amide bonds. The van der Waals surface area contributed by atoms with E-state index in [-0.39, 0.29) is 0 Å². The van der Waals surface area contributed by atoms with E-state index >= 15 is 0 Å². The molecule has 0 fully saturated rings. The average Bonchev–Trinajstić information content (AvgIpc) is 3.36. The van der Waals surface area contributed by atoms with E-state index in [4.69, 9.17) is 9.15 Å². The van der Waals surface area contributed by atoms with Gasteiger partial charge in [0.15, 0.2) is 5.82 Å². The summed E-state index contributed by atoms with van der Waals surface area (Å²) >= 11 is 1.43. The number of aromatic amines is 1. The average molecular weight is 379 g/mol. The maximum atomic E-state index is 5.71. The van der Waals surface area contributed by atoms with E-state index in [1.165, 1.54) is 11.8 Å². The van der Waals surface area contributed by atoms with Gasteiger partial charge in [-0.05, 0) is 17.7 Å². The van der Waals surface area contributed by atoms with Gasteiger partial charge in [0.25, 0.3) is 0 Å². The van der Waals surface area contributed by atoms with Gasteiger partial charge in [0.1, 0.15) is 5.75 Å². The van der Waals surface area contributed by atoms with Crippen LogP contribution >= 0.6 is 11.8 Å². The summed E-state index contributed by atoms with van der Waals surface area (Å²) in [5.41, 5.74) is 2.00. The van der Waals surface area contributed by atoms with Crippen molar-refractivity contribution in [3.63, 3.8) is 0 Å². The Bertz CT molecular complexity index is 1020. The van der Waals surface area contributed by atoms with Crippen LogP contribution in [0, 0.1) is 0 Å². The summed E-state index contributed by atoms with van der Waals surface area (Å²) in [6.45, 7) is 0. The van der Waals surface area contributed by atoms with E-state index < -0.39 is 0 Å². The zero-order valence-corrected chi connectivity index (χ0v) is 15.4. The van der Waals surface area contributed by atoms with Crippen molar-refractivity contribution >= 4 is 11.8 Å². The van der Waals surface area contributed by atoms with E-state index in [2.05, 4.69) is 25.4 Å². The highest BCUT2D eigenvalue weighted by atomic mass is 32.2. The predicted molar refractivity (Wildman–Crippen MR) is 101 cm³/mol. The van der Waals surface area contributed by atoms with E-state index in [0.29, 0.717) is 34.9 Å². The highest BCUT2D eigenvalue weighted by Gasteiger charge is 2.13. The van der Waals surface area contributed by atoms with Crippen molar-refractivity contribution in [2.24, 2.45) is 0 Å². The number of ether oxygens (including phenoxy) is 1. The number of hydrogen-bond donors (Lipinski definition) is 1. The van der Waals surface area contributed by atoms with E-state index in [0.717, 1.165) is 16.9 Å². The molecule has 0 aliphatic carbocycles. The molecule has 8 heteroatoms. The van der Waals surface area contributed by atoms with Crippen molar-refractivity contribution in [2.75, 3.05) is 7.11 Å². The van der Waals surface area contributed by atoms with Crippen molar-refractivity contribution in [3.8, 4) is 17.1 Å². The van der Waals surface area contributed by atoms with Gasteiger partial charge in [-0.15, -0.1) is 15.3 Å². The van der Waals surface area contributed by atoms with Crippen LogP contribution in [0.2, 0.25) is 0 Å². The summed E-state index contributed by atoms with van der Waals surface area (Å²) in [7, 11) is 1.63. The molecule has 0 spiro atoms. The first kappa shape index (κ1) is 17.3. The first-order valence-corrected chi connectivity index (χ1v) is 9.34. The third kappa shape index (κ3) is 4.17. The Kier molecular flexibility index (Phi) is 5.15. The molecule has 4 rings (SSSR count). The van der Waals surface area contributed by atoms with Crippen molar-refractivity contribution in [2.45, 2.75) is 17.3 Å². The molecule has 2 aromatic heterocycles. The molecule has 2 heterocycles. The van der Waals surface area contributed by atoms with Crippen LogP contribution in [0.1, 0.15) is 17.3 Å². The summed E-state index contributed by atoms with van der Waals surface area (Å²) in [6.07, 6.45) is 0.622. The summed E-state index contributed by atoms with van der Waals surface area (Å²) in [6, 6.07) is 17.7. The standard InChI is InChI=1S/C19H17N5O2S/c1-25-15-10-6-5-9-14(15)18-20-19(24-23-18)27-12-17-22-21-16(26-17)11-13-7-3-2-4-8-13/h2-10H,11-12H2,1H3,(H,20,23,24). The fourth-order valence-electron chi connectivity index (χ4n) is 2.59. The van der Waals surface area contributed by atoms with Gasteiger partial charge >= 0.3 is 0 Å². The smallest absolute Gasteiger partial charge is 0.226 e. The van der Waals surface area contributed by atoms with Crippen molar-refractivity contribution in [1.82, 2.24) is 25.4 Å². The molecule has 0 radical (unpaired) electrons. The Hall–Kier alpha value is -3.13. The second kappa shape index (κ2) is 8.05. The van der Waals surface area contributed by atoms with E-state index in [9.17, 15) is 0 Å². The fourth-order valence-corrected chi connectivity index (χ4v) is 3.22. The molecule has 2 aromatic carbocycles. The van der Waals surface area contributed by atoms with Crippen LogP contribution in [0.15, 0.2) is 64.2 Å². The number of nitrogens with zero attached hydrogens (tertiary/aromatic N) is 4. The first-order chi connectivity index (χ1) is 13.3. The van der Waals surface area contributed by atoms with Gasteiger partial charge in [-0.2, -0.15) is 0 Å². The first-order valence-electron chi connectivity index (χ1n) is 8.35. The molecule has 0 aliphatic rings. The number of thioether (sulfide) groups is 1.